The summed E-state index contributed by atoms with van der Waals surface area (Å²) in [7, 11) is 0. The number of piperidine rings is 1. The van der Waals surface area contributed by atoms with Gasteiger partial charge in [-0.25, -0.2) is 0 Å². The summed E-state index contributed by atoms with van der Waals surface area (Å²) in [5, 5.41) is 11.4. The largest absolute Gasteiger partial charge is 0.299 e. The molecule has 5 nitrogen and oxygen atoms in total. The number of nitrogens with zero attached hydrogens (tertiary/aromatic N) is 3. The summed E-state index contributed by atoms with van der Waals surface area (Å²) in [5.74, 6) is 1.65. The molecule has 2 aromatic rings. The van der Waals surface area contributed by atoms with E-state index in [4.69, 9.17) is 0 Å². The Morgan fingerprint density at radius 3 is 2.68 bits per heavy atom. The van der Waals surface area contributed by atoms with Crippen LogP contribution >= 0.6 is 23.1 Å². The Morgan fingerprint density at radius 1 is 1.28 bits per heavy atom. The van der Waals surface area contributed by atoms with Gasteiger partial charge >= 0.3 is 0 Å². The van der Waals surface area contributed by atoms with Crippen LogP contribution in [-0.2, 0) is 6.54 Å². The number of aromatic nitrogens is 2. The minimum absolute atomic E-state index is 0.137. The Morgan fingerprint density at radius 2 is 2.00 bits per heavy atom. The molecule has 2 heterocycles. The Bertz CT molecular complexity index is 693. The molecule has 1 saturated heterocycles. The Balaban J connectivity index is 1.54. The van der Waals surface area contributed by atoms with Gasteiger partial charge in [0.2, 0.25) is 5.13 Å². The maximum absolute atomic E-state index is 12.3. The number of carbonyl (C=O) groups excluding carboxylic acids is 1. The molecule has 0 aliphatic carbocycles. The van der Waals surface area contributed by atoms with Crippen LogP contribution in [0.5, 0.6) is 0 Å². The van der Waals surface area contributed by atoms with Crippen molar-refractivity contribution < 1.29 is 4.79 Å². The van der Waals surface area contributed by atoms with Crippen molar-refractivity contribution in [2.24, 2.45) is 5.92 Å². The number of carbonyl (C=O) groups is 1. The van der Waals surface area contributed by atoms with Gasteiger partial charge in [0, 0.05) is 12.1 Å². The smallest absolute Gasteiger partial charge is 0.257 e. The second-order valence-corrected chi connectivity index (χ2v) is 8.90. The van der Waals surface area contributed by atoms with Gasteiger partial charge in [0.25, 0.3) is 5.91 Å². The van der Waals surface area contributed by atoms with Gasteiger partial charge in [0.1, 0.15) is 0 Å². The van der Waals surface area contributed by atoms with Gasteiger partial charge in [-0.2, -0.15) is 0 Å². The van der Waals surface area contributed by atoms with Crippen molar-refractivity contribution in [3.05, 3.63) is 35.4 Å². The summed E-state index contributed by atoms with van der Waals surface area (Å²) >= 11 is 3.04. The number of hydrogen-bond acceptors (Lipinski definition) is 6. The van der Waals surface area contributed by atoms with Gasteiger partial charge in [-0.1, -0.05) is 49.1 Å². The lowest BCUT2D eigenvalue weighted by Gasteiger charge is -2.30. The van der Waals surface area contributed by atoms with E-state index in [1.54, 1.807) is 11.8 Å². The lowest BCUT2D eigenvalue weighted by Crippen LogP contribution is -2.32. The SMILES string of the molecule is CCSc1nnc(NC(=O)c2ccc(CN3CCC(C)CC3)cc2)s1. The highest BCUT2D eigenvalue weighted by Gasteiger charge is 2.16. The number of nitrogens with one attached hydrogen (secondary N) is 1. The molecule has 3 rings (SSSR count). The Hall–Kier alpha value is -1.44. The fourth-order valence-corrected chi connectivity index (χ4v) is 4.50. The van der Waals surface area contributed by atoms with Crippen LogP contribution in [0.15, 0.2) is 28.6 Å². The van der Waals surface area contributed by atoms with Crippen LogP contribution in [0.3, 0.4) is 0 Å². The molecule has 25 heavy (non-hydrogen) atoms. The van der Waals surface area contributed by atoms with Crippen molar-refractivity contribution in [1.82, 2.24) is 15.1 Å². The number of rotatable bonds is 6. The standard InChI is InChI=1S/C18H24N4OS2/c1-3-24-18-21-20-17(25-18)19-16(23)15-6-4-14(5-7-15)12-22-10-8-13(2)9-11-22/h4-7,13H,3,8-12H2,1-2H3,(H,19,20,23). The van der Waals surface area contributed by atoms with E-state index in [9.17, 15) is 4.79 Å². The quantitative estimate of drug-likeness (QED) is 0.607. The summed E-state index contributed by atoms with van der Waals surface area (Å²) in [6, 6.07) is 7.87. The predicted molar refractivity (Wildman–Crippen MR) is 104 cm³/mol. The molecule has 1 amide bonds. The number of benzene rings is 1. The molecule has 1 fully saturated rings. The minimum Gasteiger partial charge on any atom is -0.299 e. The molecule has 0 atom stereocenters. The molecule has 0 radical (unpaired) electrons. The molecule has 0 bridgehead atoms. The third-order valence-corrected chi connectivity index (χ3v) is 6.25. The third-order valence-electron chi connectivity index (χ3n) is 4.39. The number of amides is 1. The van der Waals surface area contributed by atoms with Gasteiger partial charge in [-0.15, -0.1) is 10.2 Å². The fourth-order valence-electron chi connectivity index (χ4n) is 2.85. The van der Waals surface area contributed by atoms with Crippen molar-refractivity contribution in [2.75, 3.05) is 24.2 Å². The number of thioether (sulfide) groups is 1. The van der Waals surface area contributed by atoms with E-state index in [0.29, 0.717) is 10.7 Å². The van der Waals surface area contributed by atoms with E-state index in [2.05, 4.69) is 34.3 Å². The Kier molecular flexibility index (Phi) is 6.45. The minimum atomic E-state index is -0.137. The van der Waals surface area contributed by atoms with Crippen LogP contribution in [0.2, 0.25) is 0 Å². The van der Waals surface area contributed by atoms with Gasteiger partial charge < -0.3 is 0 Å². The molecule has 1 N–H and O–H groups in total. The normalized spacial score (nSPS) is 16.1. The predicted octanol–water partition coefficient (Wildman–Crippen LogP) is 4.13. The van der Waals surface area contributed by atoms with E-state index in [0.717, 1.165) is 22.6 Å². The summed E-state index contributed by atoms with van der Waals surface area (Å²) in [4.78, 5) is 14.8. The zero-order chi connectivity index (χ0) is 17.6. The summed E-state index contributed by atoms with van der Waals surface area (Å²) < 4.78 is 0.879. The fraction of sp³-hybridized carbons (Fsp3) is 0.500. The zero-order valence-corrected chi connectivity index (χ0v) is 16.3. The molecular formula is C18H24N4OS2. The second kappa shape index (κ2) is 8.78. The monoisotopic (exact) mass is 376 g/mol. The first kappa shape index (κ1) is 18.4. The summed E-state index contributed by atoms with van der Waals surface area (Å²) in [6.45, 7) is 7.68. The molecule has 1 aromatic heterocycles. The van der Waals surface area contributed by atoms with Gasteiger partial charge in [0.15, 0.2) is 4.34 Å². The molecule has 1 aliphatic rings. The van der Waals surface area contributed by atoms with Crippen LogP contribution in [0.25, 0.3) is 0 Å². The summed E-state index contributed by atoms with van der Waals surface area (Å²) in [5.41, 5.74) is 1.90. The van der Waals surface area contributed by atoms with E-state index >= 15 is 0 Å². The topological polar surface area (TPSA) is 58.1 Å². The maximum atomic E-state index is 12.3. The first-order chi connectivity index (χ1) is 12.1. The molecule has 134 valence electrons. The molecule has 0 saturated carbocycles. The molecule has 1 aromatic carbocycles. The van der Waals surface area contributed by atoms with Crippen molar-refractivity contribution in [3.63, 3.8) is 0 Å². The van der Waals surface area contributed by atoms with Crippen molar-refractivity contribution >= 4 is 34.1 Å². The van der Waals surface area contributed by atoms with E-state index in [-0.39, 0.29) is 5.91 Å². The van der Waals surface area contributed by atoms with Gasteiger partial charge in [0.05, 0.1) is 0 Å². The van der Waals surface area contributed by atoms with E-state index < -0.39 is 0 Å². The second-order valence-electron chi connectivity index (χ2n) is 6.42. The highest BCUT2D eigenvalue weighted by atomic mass is 32.2. The third kappa shape index (κ3) is 5.26. The van der Waals surface area contributed by atoms with Crippen molar-refractivity contribution in [2.45, 2.75) is 37.6 Å². The average Bonchev–Trinajstić information content (AvgIpc) is 3.05. The number of likely N-dealkylation sites (tertiary alicyclic amines) is 1. The first-order valence-corrected chi connectivity index (χ1v) is 10.5. The van der Waals surface area contributed by atoms with Crippen LogP contribution in [0.4, 0.5) is 5.13 Å². The summed E-state index contributed by atoms with van der Waals surface area (Å²) in [6.07, 6.45) is 2.56. The number of anilines is 1. The number of hydrogen-bond donors (Lipinski definition) is 1. The van der Waals surface area contributed by atoms with Crippen molar-refractivity contribution in [3.8, 4) is 0 Å². The first-order valence-electron chi connectivity index (χ1n) is 8.73. The van der Waals surface area contributed by atoms with E-state index in [1.807, 2.05) is 24.3 Å². The molecule has 7 heteroatoms. The van der Waals surface area contributed by atoms with Gasteiger partial charge in [-0.05, 0) is 55.3 Å². The van der Waals surface area contributed by atoms with Crippen molar-refractivity contribution in [1.29, 1.82) is 0 Å². The lowest BCUT2D eigenvalue weighted by atomic mass is 9.99. The highest BCUT2D eigenvalue weighted by Crippen LogP contribution is 2.25. The maximum Gasteiger partial charge on any atom is 0.257 e. The Labute approximate surface area is 157 Å². The van der Waals surface area contributed by atoms with Crippen LogP contribution < -0.4 is 5.32 Å². The van der Waals surface area contributed by atoms with Crippen LogP contribution in [0.1, 0.15) is 42.6 Å². The average molecular weight is 377 g/mol. The van der Waals surface area contributed by atoms with Crippen LogP contribution in [-0.4, -0.2) is 39.8 Å². The van der Waals surface area contributed by atoms with Crippen LogP contribution in [0, 0.1) is 5.92 Å². The molecule has 0 spiro atoms. The molecule has 0 unspecified atom stereocenters. The lowest BCUT2D eigenvalue weighted by molar-refractivity contribution is 0.102. The highest BCUT2D eigenvalue weighted by molar-refractivity contribution is 8.01. The molecule has 1 aliphatic heterocycles. The molecular weight excluding hydrogens is 352 g/mol. The van der Waals surface area contributed by atoms with Gasteiger partial charge in [-0.3, -0.25) is 15.0 Å². The zero-order valence-electron chi connectivity index (χ0n) is 14.7. The van der Waals surface area contributed by atoms with E-state index in [1.165, 1.54) is 42.8 Å².